The molecule has 6 heteroatoms. The zero-order valence-electron chi connectivity index (χ0n) is 9.73. The summed E-state index contributed by atoms with van der Waals surface area (Å²) >= 11 is 5.57. The predicted octanol–water partition coefficient (Wildman–Crippen LogP) is 2.86. The van der Waals surface area contributed by atoms with Gasteiger partial charge in [-0.25, -0.2) is 0 Å². The molecule has 98 valence electrons. The highest BCUT2D eigenvalue weighted by molar-refractivity contribution is 7.89. The minimum atomic E-state index is -4.24. The van der Waals surface area contributed by atoms with Gasteiger partial charge in [0, 0.05) is 5.88 Å². The molecule has 0 fully saturated rings. The number of halogens is 1. The van der Waals surface area contributed by atoms with E-state index in [2.05, 4.69) is 0 Å². The first kappa shape index (κ1) is 14.5. The number of allylic oxidation sites excluding steroid dienone is 2. The molecule has 1 N–H and O–H groups in total. The summed E-state index contributed by atoms with van der Waals surface area (Å²) in [7, 11) is -4.24. The van der Waals surface area contributed by atoms with E-state index in [4.69, 9.17) is 20.9 Å². The molecule has 0 aromatic heterocycles. The number of alkyl halides is 1. The van der Waals surface area contributed by atoms with Crippen LogP contribution in [0.2, 0.25) is 0 Å². The topological polar surface area (TPSA) is 63.6 Å². The largest absolute Gasteiger partial charge is 0.474 e. The second-order valence-electron chi connectivity index (χ2n) is 4.02. The molecule has 0 spiro atoms. The highest BCUT2D eigenvalue weighted by atomic mass is 35.5. The maximum atomic E-state index is 10.9. The SMILES string of the molecule is CC1=CC=C(S(=O)(=O)O)OC1CCCCCCl. The first-order valence-corrected chi connectivity index (χ1v) is 7.51. The number of rotatable bonds is 6. The minimum absolute atomic E-state index is 0.271. The molecule has 17 heavy (non-hydrogen) atoms. The van der Waals surface area contributed by atoms with Gasteiger partial charge in [-0.1, -0.05) is 12.5 Å². The summed E-state index contributed by atoms with van der Waals surface area (Å²) in [5.41, 5.74) is 0.961. The van der Waals surface area contributed by atoms with Gasteiger partial charge < -0.3 is 4.74 Å². The number of unbranched alkanes of at least 4 members (excludes halogenated alkanes) is 2. The van der Waals surface area contributed by atoms with Gasteiger partial charge in [0.05, 0.1) is 0 Å². The van der Waals surface area contributed by atoms with Crippen molar-refractivity contribution in [1.82, 2.24) is 0 Å². The van der Waals surface area contributed by atoms with Gasteiger partial charge in [0.25, 0.3) is 0 Å². The molecule has 0 radical (unpaired) electrons. The van der Waals surface area contributed by atoms with Crippen LogP contribution < -0.4 is 0 Å². The third kappa shape index (κ3) is 4.69. The van der Waals surface area contributed by atoms with Gasteiger partial charge in [-0.2, -0.15) is 8.42 Å². The van der Waals surface area contributed by atoms with Crippen LogP contribution in [0.3, 0.4) is 0 Å². The maximum absolute atomic E-state index is 10.9. The smallest absolute Gasteiger partial charge is 0.327 e. The van der Waals surface area contributed by atoms with Crippen molar-refractivity contribution < 1.29 is 17.7 Å². The molecule has 0 amide bonds. The molecule has 0 aromatic rings. The number of ether oxygens (including phenoxy) is 1. The average Bonchev–Trinajstić information content (AvgIpc) is 2.25. The lowest BCUT2D eigenvalue weighted by Crippen LogP contribution is -2.20. The highest BCUT2D eigenvalue weighted by Crippen LogP contribution is 2.24. The molecule has 1 rings (SSSR count). The zero-order valence-corrected chi connectivity index (χ0v) is 11.3. The summed E-state index contributed by atoms with van der Waals surface area (Å²) in [6, 6.07) is 0. The fourth-order valence-corrected chi connectivity index (χ4v) is 2.28. The Morgan fingerprint density at radius 1 is 1.35 bits per heavy atom. The first-order valence-electron chi connectivity index (χ1n) is 5.53. The predicted molar refractivity (Wildman–Crippen MR) is 67.4 cm³/mol. The Morgan fingerprint density at radius 2 is 2.06 bits per heavy atom. The monoisotopic (exact) mass is 280 g/mol. The summed E-state index contributed by atoms with van der Waals surface area (Å²) in [5.74, 6) is 0.635. The van der Waals surface area contributed by atoms with Gasteiger partial charge >= 0.3 is 10.1 Å². The summed E-state index contributed by atoms with van der Waals surface area (Å²) < 4.78 is 36.0. The molecule has 0 saturated heterocycles. The second kappa shape index (κ2) is 6.42. The fourth-order valence-electron chi connectivity index (χ4n) is 1.61. The van der Waals surface area contributed by atoms with Crippen LogP contribution in [0.1, 0.15) is 32.6 Å². The molecule has 0 aliphatic carbocycles. The van der Waals surface area contributed by atoms with E-state index in [0.717, 1.165) is 31.3 Å². The fraction of sp³-hybridized carbons (Fsp3) is 0.636. The van der Waals surface area contributed by atoms with Crippen molar-refractivity contribution in [2.75, 3.05) is 5.88 Å². The van der Waals surface area contributed by atoms with Crippen LogP contribution in [-0.4, -0.2) is 25.0 Å². The normalized spacial score (nSPS) is 20.5. The van der Waals surface area contributed by atoms with E-state index in [0.29, 0.717) is 5.88 Å². The summed E-state index contributed by atoms with van der Waals surface area (Å²) in [6.45, 7) is 1.88. The molecule has 1 heterocycles. The lowest BCUT2D eigenvalue weighted by molar-refractivity contribution is 0.145. The number of hydrogen-bond acceptors (Lipinski definition) is 3. The van der Waals surface area contributed by atoms with Crippen LogP contribution >= 0.6 is 11.6 Å². The number of hydrogen-bond donors (Lipinski definition) is 1. The van der Waals surface area contributed by atoms with Crippen LogP contribution in [0, 0.1) is 0 Å². The summed E-state index contributed by atoms with van der Waals surface area (Å²) in [6.07, 6.45) is 6.25. The van der Waals surface area contributed by atoms with Gasteiger partial charge in [-0.15, -0.1) is 11.6 Å². The van der Waals surface area contributed by atoms with Crippen LogP contribution in [0.25, 0.3) is 0 Å². The lowest BCUT2D eigenvalue weighted by Gasteiger charge is -2.23. The molecule has 0 aromatic carbocycles. The van der Waals surface area contributed by atoms with Crippen LogP contribution in [0.4, 0.5) is 0 Å². The average molecular weight is 281 g/mol. The van der Waals surface area contributed by atoms with Gasteiger partial charge in [0.15, 0.2) is 0 Å². The Hall–Kier alpha value is -0.520. The minimum Gasteiger partial charge on any atom is -0.474 e. The molecule has 1 aliphatic heterocycles. The Kier molecular flexibility index (Phi) is 5.49. The lowest BCUT2D eigenvalue weighted by atomic mass is 10.0. The summed E-state index contributed by atoms with van der Waals surface area (Å²) in [4.78, 5) is 0. The Bertz CT molecular complexity index is 411. The van der Waals surface area contributed by atoms with E-state index in [9.17, 15) is 8.42 Å². The van der Waals surface area contributed by atoms with Crippen LogP contribution in [0.5, 0.6) is 0 Å². The van der Waals surface area contributed by atoms with E-state index in [1.54, 1.807) is 6.08 Å². The van der Waals surface area contributed by atoms with Crippen molar-refractivity contribution in [3.05, 3.63) is 22.8 Å². The van der Waals surface area contributed by atoms with E-state index >= 15 is 0 Å². The molecule has 1 unspecified atom stereocenters. The first-order chi connectivity index (χ1) is 7.95. The van der Waals surface area contributed by atoms with Gasteiger partial charge in [-0.05, 0) is 37.8 Å². The molecule has 0 bridgehead atoms. The molecular weight excluding hydrogens is 264 g/mol. The second-order valence-corrected chi connectivity index (χ2v) is 5.75. The third-order valence-corrected chi connectivity index (χ3v) is 3.61. The van der Waals surface area contributed by atoms with Crippen LogP contribution in [-0.2, 0) is 14.9 Å². The molecule has 4 nitrogen and oxygen atoms in total. The standard InChI is InChI=1S/C11H17ClO4S/c1-9-6-7-11(17(13,14)15)16-10(9)5-3-2-4-8-12/h6-7,10H,2-5,8H2,1H3,(H,13,14,15). The third-order valence-electron chi connectivity index (χ3n) is 2.60. The summed E-state index contributed by atoms with van der Waals surface area (Å²) in [5, 5.41) is -0.370. The van der Waals surface area contributed by atoms with E-state index < -0.39 is 10.1 Å². The molecule has 1 atom stereocenters. The van der Waals surface area contributed by atoms with Crippen molar-refractivity contribution in [1.29, 1.82) is 0 Å². The van der Waals surface area contributed by atoms with E-state index in [1.807, 2.05) is 6.92 Å². The van der Waals surface area contributed by atoms with Crippen molar-refractivity contribution >= 4 is 21.7 Å². The molecule has 0 saturated carbocycles. The Morgan fingerprint density at radius 3 is 2.65 bits per heavy atom. The Balaban J connectivity index is 2.54. The van der Waals surface area contributed by atoms with Crippen molar-refractivity contribution in [3.63, 3.8) is 0 Å². The Labute approximate surface area is 107 Å². The highest BCUT2D eigenvalue weighted by Gasteiger charge is 2.24. The van der Waals surface area contributed by atoms with Crippen molar-refractivity contribution in [2.45, 2.75) is 38.7 Å². The van der Waals surface area contributed by atoms with Crippen molar-refractivity contribution in [2.24, 2.45) is 0 Å². The van der Waals surface area contributed by atoms with Gasteiger partial charge in [0.2, 0.25) is 5.09 Å². The quantitative estimate of drug-likeness (QED) is 0.462. The van der Waals surface area contributed by atoms with Crippen LogP contribution in [0.15, 0.2) is 22.8 Å². The van der Waals surface area contributed by atoms with E-state index in [1.165, 1.54) is 6.08 Å². The maximum Gasteiger partial charge on any atom is 0.327 e. The zero-order chi connectivity index (χ0) is 12.9. The van der Waals surface area contributed by atoms with Gasteiger partial charge in [-0.3, -0.25) is 4.55 Å². The van der Waals surface area contributed by atoms with E-state index in [-0.39, 0.29) is 11.2 Å². The molecule has 1 aliphatic rings. The van der Waals surface area contributed by atoms with Gasteiger partial charge in [0.1, 0.15) is 6.10 Å². The molecular formula is C11H17ClO4S. The van der Waals surface area contributed by atoms with Crippen molar-refractivity contribution in [3.8, 4) is 0 Å².